The minimum Gasteiger partial charge on any atom is -0.336 e. The second-order valence-corrected chi connectivity index (χ2v) is 8.38. The van der Waals surface area contributed by atoms with Crippen LogP contribution in [0.25, 0.3) is 0 Å². The smallest absolute Gasteiger partial charge is 0.289 e. The maximum absolute atomic E-state index is 13.2. The Morgan fingerprint density at radius 3 is 2.24 bits per heavy atom. The molecule has 0 aliphatic carbocycles. The number of amides is 2. The normalized spacial score (nSPS) is 16.8. The Kier molecular flexibility index (Phi) is 5.69. The largest absolute Gasteiger partial charge is 0.336 e. The first-order valence-electron chi connectivity index (χ1n) is 10.8. The molecule has 29 heavy (non-hydrogen) atoms. The molecule has 1 aromatic heterocycles. The van der Waals surface area contributed by atoms with Gasteiger partial charge in [0.2, 0.25) is 0 Å². The Morgan fingerprint density at radius 2 is 1.55 bits per heavy atom. The van der Waals surface area contributed by atoms with Crippen LogP contribution in [0.1, 0.15) is 76.5 Å². The highest BCUT2D eigenvalue weighted by Gasteiger charge is 2.30. The molecule has 2 aliphatic rings. The van der Waals surface area contributed by atoms with Gasteiger partial charge in [0.1, 0.15) is 0 Å². The highest BCUT2D eigenvalue weighted by atomic mass is 16.2. The number of anilines is 1. The summed E-state index contributed by atoms with van der Waals surface area (Å²) in [5, 5.41) is 2.99. The lowest BCUT2D eigenvalue weighted by Crippen LogP contribution is -2.34. The number of nitrogens with zero attached hydrogens (tertiary/aromatic N) is 3. The summed E-state index contributed by atoms with van der Waals surface area (Å²) < 4.78 is 1.99. The van der Waals surface area contributed by atoms with Gasteiger partial charge < -0.3 is 14.8 Å². The van der Waals surface area contributed by atoms with Crippen LogP contribution in [0.5, 0.6) is 0 Å². The van der Waals surface area contributed by atoms with Crippen LogP contribution in [0.2, 0.25) is 0 Å². The Morgan fingerprint density at radius 1 is 0.897 bits per heavy atom. The minimum absolute atomic E-state index is 0.0273. The van der Waals surface area contributed by atoms with Crippen LogP contribution in [0.4, 0.5) is 5.69 Å². The number of carbonyl (C=O) groups is 2. The molecule has 2 aromatic rings. The van der Waals surface area contributed by atoms with Gasteiger partial charge in [-0.05, 0) is 69.2 Å². The standard InChI is InChI=1S/C23H30N4O2/c1-16-13-17(2)15-18(14-16)24-22(28)20-19-9-5-8-12-27(19)21(25-20)23(29)26-10-6-3-4-7-11-26/h13-15H,3-12H2,1-2H3,(H,24,28). The molecule has 0 radical (unpaired) electrons. The van der Waals surface area contributed by atoms with E-state index >= 15 is 0 Å². The number of aromatic nitrogens is 2. The Bertz CT molecular complexity index is 903. The number of carbonyl (C=O) groups excluding carboxylic acids is 2. The van der Waals surface area contributed by atoms with Crippen LogP contribution < -0.4 is 5.32 Å². The van der Waals surface area contributed by atoms with Crippen LogP contribution in [-0.4, -0.2) is 39.4 Å². The number of nitrogens with one attached hydrogen (secondary N) is 1. The summed E-state index contributed by atoms with van der Waals surface area (Å²) in [6, 6.07) is 5.99. The van der Waals surface area contributed by atoms with Gasteiger partial charge in [-0.2, -0.15) is 0 Å². The molecule has 1 aromatic carbocycles. The van der Waals surface area contributed by atoms with E-state index in [0.29, 0.717) is 11.5 Å². The van der Waals surface area contributed by atoms with Gasteiger partial charge in [-0.15, -0.1) is 0 Å². The number of hydrogen-bond donors (Lipinski definition) is 1. The van der Waals surface area contributed by atoms with Gasteiger partial charge >= 0.3 is 0 Å². The average molecular weight is 395 g/mol. The zero-order valence-corrected chi connectivity index (χ0v) is 17.5. The van der Waals surface area contributed by atoms with E-state index < -0.39 is 0 Å². The third-order valence-corrected chi connectivity index (χ3v) is 5.90. The van der Waals surface area contributed by atoms with Gasteiger partial charge in [0.05, 0.1) is 5.69 Å². The van der Waals surface area contributed by atoms with Crippen molar-refractivity contribution in [2.75, 3.05) is 18.4 Å². The van der Waals surface area contributed by atoms with Crippen molar-refractivity contribution in [1.29, 1.82) is 0 Å². The van der Waals surface area contributed by atoms with Gasteiger partial charge in [-0.3, -0.25) is 9.59 Å². The van der Waals surface area contributed by atoms with E-state index in [1.807, 2.05) is 35.4 Å². The van der Waals surface area contributed by atoms with Gasteiger partial charge in [0.15, 0.2) is 11.5 Å². The molecular formula is C23H30N4O2. The Hall–Kier alpha value is -2.63. The van der Waals surface area contributed by atoms with Crippen molar-refractivity contribution in [3.63, 3.8) is 0 Å². The quantitative estimate of drug-likeness (QED) is 0.852. The molecule has 0 spiro atoms. The molecule has 0 atom stereocenters. The van der Waals surface area contributed by atoms with E-state index in [0.717, 1.165) is 74.2 Å². The molecule has 1 fully saturated rings. The maximum Gasteiger partial charge on any atom is 0.289 e. The van der Waals surface area contributed by atoms with Gasteiger partial charge in [-0.1, -0.05) is 18.9 Å². The topological polar surface area (TPSA) is 67.2 Å². The second kappa shape index (κ2) is 8.39. The predicted molar refractivity (Wildman–Crippen MR) is 113 cm³/mol. The molecule has 0 saturated carbocycles. The number of aryl methyl sites for hydroxylation is 2. The molecule has 1 saturated heterocycles. The molecule has 0 bridgehead atoms. The number of rotatable bonds is 3. The molecular weight excluding hydrogens is 364 g/mol. The van der Waals surface area contributed by atoms with Crippen LogP contribution >= 0.6 is 0 Å². The lowest BCUT2D eigenvalue weighted by molar-refractivity contribution is 0.0743. The lowest BCUT2D eigenvalue weighted by Gasteiger charge is -2.22. The van der Waals surface area contributed by atoms with E-state index in [1.165, 1.54) is 12.8 Å². The van der Waals surface area contributed by atoms with Crippen molar-refractivity contribution in [1.82, 2.24) is 14.5 Å². The van der Waals surface area contributed by atoms with Gasteiger partial charge in [0, 0.05) is 25.3 Å². The number of likely N-dealkylation sites (tertiary alicyclic amines) is 1. The fourth-order valence-electron chi connectivity index (χ4n) is 4.54. The number of benzene rings is 1. The molecule has 1 N–H and O–H groups in total. The van der Waals surface area contributed by atoms with E-state index in [4.69, 9.17) is 0 Å². The average Bonchev–Trinajstić information content (AvgIpc) is 2.86. The van der Waals surface area contributed by atoms with Crippen molar-refractivity contribution in [2.24, 2.45) is 0 Å². The first kappa shape index (κ1) is 19.7. The van der Waals surface area contributed by atoms with Crippen molar-refractivity contribution < 1.29 is 9.59 Å². The molecule has 3 heterocycles. The molecule has 0 unspecified atom stereocenters. The first-order valence-corrected chi connectivity index (χ1v) is 10.8. The van der Waals surface area contributed by atoms with E-state index in [-0.39, 0.29) is 11.8 Å². The Labute approximate surface area is 172 Å². The summed E-state index contributed by atoms with van der Waals surface area (Å²) in [4.78, 5) is 32.8. The summed E-state index contributed by atoms with van der Waals surface area (Å²) in [6.45, 7) is 6.35. The number of fused-ring (bicyclic) bond motifs is 1. The van der Waals surface area contributed by atoms with Crippen molar-refractivity contribution in [2.45, 2.75) is 65.3 Å². The first-order chi connectivity index (χ1) is 14.0. The molecule has 2 aliphatic heterocycles. The third-order valence-electron chi connectivity index (χ3n) is 5.90. The molecule has 2 amide bonds. The summed E-state index contributed by atoms with van der Waals surface area (Å²) in [5.74, 6) is 0.184. The molecule has 4 rings (SSSR count). The van der Waals surface area contributed by atoms with Crippen LogP contribution in [0.3, 0.4) is 0 Å². The predicted octanol–water partition coefficient (Wildman–Crippen LogP) is 4.10. The summed E-state index contributed by atoms with van der Waals surface area (Å²) >= 11 is 0. The summed E-state index contributed by atoms with van der Waals surface area (Å²) in [5.41, 5.74) is 4.28. The number of imidazole rings is 1. The van der Waals surface area contributed by atoms with Gasteiger partial charge in [0.25, 0.3) is 11.8 Å². The molecule has 6 heteroatoms. The molecule has 154 valence electrons. The maximum atomic E-state index is 13.2. The van der Waals surface area contributed by atoms with Crippen molar-refractivity contribution >= 4 is 17.5 Å². The van der Waals surface area contributed by atoms with Crippen LogP contribution in [0.15, 0.2) is 18.2 Å². The zero-order chi connectivity index (χ0) is 20.4. The Balaban J connectivity index is 1.63. The summed E-state index contributed by atoms with van der Waals surface area (Å²) in [6.07, 6.45) is 7.25. The number of hydrogen-bond acceptors (Lipinski definition) is 3. The highest BCUT2D eigenvalue weighted by molar-refractivity contribution is 6.05. The fourth-order valence-corrected chi connectivity index (χ4v) is 4.54. The third kappa shape index (κ3) is 4.21. The second-order valence-electron chi connectivity index (χ2n) is 8.38. The monoisotopic (exact) mass is 394 g/mol. The zero-order valence-electron chi connectivity index (χ0n) is 17.5. The lowest BCUT2D eigenvalue weighted by atomic mass is 10.1. The van der Waals surface area contributed by atoms with Crippen molar-refractivity contribution in [3.8, 4) is 0 Å². The van der Waals surface area contributed by atoms with Gasteiger partial charge in [-0.25, -0.2) is 4.98 Å². The van der Waals surface area contributed by atoms with Crippen LogP contribution in [0, 0.1) is 13.8 Å². The fraction of sp³-hybridized carbons (Fsp3) is 0.522. The molecule has 6 nitrogen and oxygen atoms in total. The van der Waals surface area contributed by atoms with E-state index in [9.17, 15) is 9.59 Å². The van der Waals surface area contributed by atoms with Crippen LogP contribution in [-0.2, 0) is 13.0 Å². The van der Waals surface area contributed by atoms with E-state index in [1.54, 1.807) is 0 Å². The summed E-state index contributed by atoms with van der Waals surface area (Å²) in [7, 11) is 0. The SMILES string of the molecule is Cc1cc(C)cc(NC(=O)c2nc(C(=O)N3CCCCCC3)n3c2CCCC3)c1. The highest BCUT2D eigenvalue weighted by Crippen LogP contribution is 2.24. The van der Waals surface area contributed by atoms with E-state index in [2.05, 4.69) is 16.4 Å². The van der Waals surface area contributed by atoms with Crippen molar-refractivity contribution in [3.05, 3.63) is 46.5 Å². The minimum atomic E-state index is -0.226.